The summed E-state index contributed by atoms with van der Waals surface area (Å²) >= 11 is 0. The minimum atomic E-state index is -0.401. The van der Waals surface area contributed by atoms with E-state index in [0.29, 0.717) is 17.9 Å². The zero-order chi connectivity index (χ0) is 17.4. The largest absolute Gasteiger partial charge is 0.467 e. The minimum Gasteiger partial charge on any atom is -0.467 e. The summed E-state index contributed by atoms with van der Waals surface area (Å²) in [6, 6.07) is 5.19. The first-order valence-electron chi connectivity index (χ1n) is 8.68. The number of pyridine rings is 1. The van der Waals surface area contributed by atoms with Crippen molar-refractivity contribution in [1.82, 2.24) is 15.2 Å². The predicted molar refractivity (Wildman–Crippen MR) is 90.6 cm³/mol. The van der Waals surface area contributed by atoms with Crippen LogP contribution < -0.4 is 5.32 Å². The SMILES string of the molecule is Cc1cncc(C(=O)N2C3CCC(C3)C2C(=O)NCc2ccco2)c1. The fourth-order valence-electron chi connectivity index (χ4n) is 4.13. The molecule has 3 heterocycles. The maximum Gasteiger partial charge on any atom is 0.256 e. The van der Waals surface area contributed by atoms with Crippen LogP contribution in [0, 0.1) is 12.8 Å². The fraction of sp³-hybridized carbons (Fsp3) is 0.421. The molecule has 130 valence electrons. The molecule has 3 atom stereocenters. The van der Waals surface area contributed by atoms with Gasteiger partial charge in [0, 0.05) is 18.4 Å². The van der Waals surface area contributed by atoms with Crippen LogP contribution in [-0.2, 0) is 11.3 Å². The first kappa shape index (κ1) is 15.9. The topological polar surface area (TPSA) is 75.4 Å². The summed E-state index contributed by atoms with van der Waals surface area (Å²) < 4.78 is 5.26. The van der Waals surface area contributed by atoms with Crippen LogP contribution in [0.25, 0.3) is 0 Å². The molecule has 6 heteroatoms. The van der Waals surface area contributed by atoms with Crippen molar-refractivity contribution in [2.75, 3.05) is 0 Å². The Hall–Kier alpha value is -2.63. The van der Waals surface area contributed by atoms with Crippen molar-refractivity contribution in [3.05, 3.63) is 53.7 Å². The Morgan fingerprint density at radius 2 is 2.24 bits per heavy atom. The minimum absolute atomic E-state index is 0.0958. The molecule has 25 heavy (non-hydrogen) atoms. The number of aromatic nitrogens is 1. The Morgan fingerprint density at radius 3 is 3.00 bits per heavy atom. The van der Waals surface area contributed by atoms with E-state index in [-0.39, 0.29) is 23.8 Å². The molecule has 0 radical (unpaired) electrons. The molecule has 2 aromatic rings. The van der Waals surface area contributed by atoms with Gasteiger partial charge in [0.2, 0.25) is 5.91 Å². The molecule has 1 aliphatic carbocycles. The van der Waals surface area contributed by atoms with Gasteiger partial charge in [-0.15, -0.1) is 0 Å². The maximum absolute atomic E-state index is 13.0. The van der Waals surface area contributed by atoms with Gasteiger partial charge in [0.1, 0.15) is 11.8 Å². The van der Waals surface area contributed by atoms with E-state index in [1.54, 1.807) is 29.6 Å². The van der Waals surface area contributed by atoms with Crippen molar-refractivity contribution in [3.63, 3.8) is 0 Å². The van der Waals surface area contributed by atoms with Crippen molar-refractivity contribution in [3.8, 4) is 0 Å². The van der Waals surface area contributed by atoms with Gasteiger partial charge in [0.25, 0.3) is 5.91 Å². The maximum atomic E-state index is 13.0. The second kappa shape index (κ2) is 6.35. The van der Waals surface area contributed by atoms with Gasteiger partial charge < -0.3 is 14.6 Å². The Balaban J connectivity index is 1.53. The van der Waals surface area contributed by atoms with Gasteiger partial charge >= 0.3 is 0 Å². The molecule has 0 spiro atoms. The van der Waals surface area contributed by atoms with Crippen molar-refractivity contribution in [1.29, 1.82) is 0 Å². The fourth-order valence-corrected chi connectivity index (χ4v) is 4.13. The quantitative estimate of drug-likeness (QED) is 0.927. The van der Waals surface area contributed by atoms with Crippen LogP contribution in [0.15, 0.2) is 41.3 Å². The predicted octanol–water partition coefficient (Wildman–Crippen LogP) is 2.29. The van der Waals surface area contributed by atoms with Crippen molar-refractivity contribution in [2.24, 2.45) is 5.92 Å². The molecule has 2 bridgehead atoms. The van der Waals surface area contributed by atoms with E-state index in [2.05, 4.69) is 10.3 Å². The van der Waals surface area contributed by atoms with E-state index in [0.717, 1.165) is 24.8 Å². The smallest absolute Gasteiger partial charge is 0.256 e. The number of likely N-dealkylation sites (tertiary alicyclic amines) is 1. The van der Waals surface area contributed by atoms with Crippen LogP contribution in [-0.4, -0.2) is 33.8 Å². The molecule has 2 aromatic heterocycles. The lowest BCUT2D eigenvalue weighted by atomic mass is 9.97. The van der Waals surface area contributed by atoms with E-state index in [9.17, 15) is 9.59 Å². The Kier molecular flexibility index (Phi) is 4.03. The number of hydrogen-bond donors (Lipinski definition) is 1. The van der Waals surface area contributed by atoms with E-state index in [1.165, 1.54) is 0 Å². The number of aryl methyl sites for hydroxylation is 1. The van der Waals surface area contributed by atoms with E-state index >= 15 is 0 Å². The second-order valence-corrected chi connectivity index (χ2v) is 6.93. The molecule has 1 aliphatic heterocycles. The average Bonchev–Trinajstić information content (AvgIpc) is 3.35. The molecular formula is C19H21N3O3. The van der Waals surface area contributed by atoms with Gasteiger partial charge in [0.15, 0.2) is 0 Å². The van der Waals surface area contributed by atoms with Gasteiger partial charge in [-0.05, 0) is 55.9 Å². The zero-order valence-electron chi connectivity index (χ0n) is 14.1. The number of rotatable bonds is 4. The summed E-state index contributed by atoms with van der Waals surface area (Å²) in [6.07, 6.45) is 7.76. The third-order valence-corrected chi connectivity index (χ3v) is 5.23. The summed E-state index contributed by atoms with van der Waals surface area (Å²) in [5.74, 6) is 0.750. The highest BCUT2D eigenvalue weighted by Crippen LogP contribution is 2.43. The molecule has 2 aliphatic rings. The normalized spacial score (nSPS) is 24.5. The van der Waals surface area contributed by atoms with Crippen LogP contribution >= 0.6 is 0 Å². The number of piperidine rings is 1. The highest BCUT2D eigenvalue weighted by molar-refractivity contribution is 5.98. The molecule has 1 saturated heterocycles. The van der Waals surface area contributed by atoms with Crippen molar-refractivity contribution < 1.29 is 14.0 Å². The molecule has 0 aromatic carbocycles. The van der Waals surface area contributed by atoms with Crippen molar-refractivity contribution >= 4 is 11.8 Å². The number of furan rings is 1. The van der Waals surface area contributed by atoms with E-state index < -0.39 is 6.04 Å². The van der Waals surface area contributed by atoms with Crippen LogP contribution in [0.1, 0.15) is 40.9 Å². The lowest BCUT2D eigenvalue weighted by Crippen LogP contribution is -2.52. The molecule has 1 N–H and O–H groups in total. The van der Waals surface area contributed by atoms with Crippen LogP contribution in [0.4, 0.5) is 0 Å². The third-order valence-electron chi connectivity index (χ3n) is 5.23. The molecule has 1 saturated carbocycles. The van der Waals surface area contributed by atoms with Gasteiger partial charge in [-0.25, -0.2) is 0 Å². The third kappa shape index (κ3) is 2.92. The number of hydrogen-bond acceptors (Lipinski definition) is 4. The number of nitrogens with one attached hydrogen (secondary N) is 1. The summed E-state index contributed by atoms with van der Waals surface area (Å²) in [5, 5.41) is 2.92. The highest BCUT2D eigenvalue weighted by Gasteiger charge is 2.51. The summed E-state index contributed by atoms with van der Waals surface area (Å²) in [7, 11) is 0. The molecule has 6 nitrogen and oxygen atoms in total. The first-order chi connectivity index (χ1) is 12.1. The second-order valence-electron chi connectivity index (χ2n) is 6.93. The van der Waals surface area contributed by atoms with Gasteiger partial charge in [0.05, 0.1) is 18.4 Å². The summed E-state index contributed by atoms with van der Waals surface area (Å²) in [4.78, 5) is 31.7. The number of fused-ring (bicyclic) bond motifs is 2. The molecular weight excluding hydrogens is 318 g/mol. The number of carbonyl (C=O) groups excluding carboxylic acids is 2. The van der Waals surface area contributed by atoms with Crippen LogP contribution in [0.2, 0.25) is 0 Å². The van der Waals surface area contributed by atoms with Gasteiger partial charge in [-0.1, -0.05) is 0 Å². The summed E-state index contributed by atoms with van der Waals surface area (Å²) in [6.45, 7) is 2.25. The summed E-state index contributed by atoms with van der Waals surface area (Å²) in [5.41, 5.74) is 1.49. The monoisotopic (exact) mass is 339 g/mol. The Morgan fingerprint density at radius 1 is 1.36 bits per heavy atom. The van der Waals surface area contributed by atoms with E-state index in [1.807, 2.05) is 19.1 Å². The number of amides is 2. The standard InChI is InChI=1S/C19H21N3O3/c1-12-7-14(10-20-9-12)19(24)22-15-5-4-13(8-15)17(22)18(23)21-11-16-3-2-6-25-16/h2-3,6-7,9-10,13,15,17H,4-5,8,11H2,1H3,(H,21,23). The molecule has 2 fully saturated rings. The van der Waals surface area contributed by atoms with Crippen molar-refractivity contribution in [2.45, 2.75) is 44.8 Å². The Labute approximate surface area is 146 Å². The Bertz CT molecular complexity index is 787. The first-order valence-corrected chi connectivity index (χ1v) is 8.68. The van der Waals surface area contributed by atoms with Crippen LogP contribution in [0.3, 0.4) is 0 Å². The van der Waals surface area contributed by atoms with Gasteiger partial charge in [-0.3, -0.25) is 14.6 Å². The highest BCUT2D eigenvalue weighted by atomic mass is 16.3. The van der Waals surface area contributed by atoms with E-state index in [4.69, 9.17) is 4.42 Å². The lowest BCUT2D eigenvalue weighted by molar-refractivity contribution is -0.127. The molecule has 2 amide bonds. The number of carbonyl (C=O) groups is 2. The number of nitrogens with zero attached hydrogens (tertiary/aromatic N) is 2. The average molecular weight is 339 g/mol. The molecule has 3 unspecified atom stereocenters. The molecule has 4 rings (SSSR count). The van der Waals surface area contributed by atoms with Crippen LogP contribution in [0.5, 0.6) is 0 Å². The van der Waals surface area contributed by atoms with Gasteiger partial charge in [-0.2, -0.15) is 0 Å². The lowest BCUT2D eigenvalue weighted by Gasteiger charge is -2.34. The zero-order valence-corrected chi connectivity index (χ0v) is 14.1.